The van der Waals surface area contributed by atoms with Gasteiger partial charge in [-0.25, -0.2) is 4.98 Å². The molecule has 1 heterocycles. The van der Waals surface area contributed by atoms with E-state index in [0.29, 0.717) is 23.9 Å². The molecule has 0 saturated carbocycles. The standard InChI is InChI=1S/C20H19ClN2O2S/c1-2-10-22-19(24)17-13-26-20(23-17)16-8-3-4-9-18(16)25-12-14-6-5-7-15(21)11-14/h3-9,11,13H,2,10,12H2,1H3,(H,22,24). The first kappa shape index (κ1) is 18.4. The van der Waals surface area contributed by atoms with Crippen LogP contribution in [0.25, 0.3) is 10.6 Å². The fourth-order valence-electron chi connectivity index (χ4n) is 2.39. The van der Waals surface area contributed by atoms with Crippen LogP contribution in [-0.4, -0.2) is 17.4 Å². The van der Waals surface area contributed by atoms with Crippen LogP contribution < -0.4 is 10.1 Å². The van der Waals surface area contributed by atoms with Crippen LogP contribution >= 0.6 is 22.9 Å². The first-order valence-electron chi connectivity index (χ1n) is 8.37. The van der Waals surface area contributed by atoms with Crippen LogP contribution in [0.2, 0.25) is 5.02 Å². The van der Waals surface area contributed by atoms with E-state index in [2.05, 4.69) is 10.3 Å². The zero-order valence-corrected chi connectivity index (χ0v) is 15.9. The molecule has 134 valence electrons. The van der Waals surface area contributed by atoms with Gasteiger partial charge in [0.25, 0.3) is 5.91 Å². The molecule has 0 aliphatic rings. The molecule has 1 aromatic heterocycles. The number of amides is 1. The minimum atomic E-state index is -0.147. The minimum Gasteiger partial charge on any atom is -0.488 e. The summed E-state index contributed by atoms with van der Waals surface area (Å²) in [5, 5.41) is 6.05. The third kappa shape index (κ3) is 4.62. The Balaban J connectivity index is 1.77. The molecule has 0 atom stereocenters. The molecule has 0 saturated heterocycles. The molecule has 0 aliphatic carbocycles. The quantitative estimate of drug-likeness (QED) is 0.608. The van der Waals surface area contributed by atoms with Gasteiger partial charge in [-0.05, 0) is 36.2 Å². The van der Waals surface area contributed by atoms with Gasteiger partial charge in [0.2, 0.25) is 0 Å². The van der Waals surface area contributed by atoms with Crippen LogP contribution in [0.4, 0.5) is 0 Å². The molecular weight excluding hydrogens is 368 g/mol. The van der Waals surface area contributed by atoms with Gasteiger partial charge in [0, 0.05) is 16.9 Å². The number of benzene rings is 2. The zero-order valence-electron chi connectivity index (χ0n) is 14.4. The molecule has 1 N–H and O–H groups in total. The molecule has 0 unspecified atom stereocenters. The van der Waals surface area contributed by atoms with E-state index < -0.39 is 0 Å². The second-order valence-electron chi connectivity index (χ2n) is 5.71. The third-order valence-corrected chi connectivity index (χ3v) is 4.78. The highest BCUT2D eigenvalue weighted by molar-refractivity contribution is 7.13. The first-order chi connectivity index (χ1) is 12.7. The second-order valence-corrected chi connectivity index (χ2v) is 7.00. The summed E-state index contributed by atoms with van der Waals surface area (Å²) in [7, 11) is 0. The number of hydrogen-bond acceptors (Lipinski definition) is 4. The Morgan fingerprint density at radius 3 is 2.88 bits per heavy atom. The van der Waals surface area contributed by atoms with Gasteiger partial charge in [-0.2, -0.15) is 0 Å². The Morgan fingerprint density at radius 2 is 2.08 bits per heavy atom. The number of nitrogens with zero attached hydrogens (tertiary/aromatic N) is 1. The normalized spacial score (nSPS) is 10.5. The Morgan fingerprint density at radius 1 is 1.23 bits per heavy atom. The molecule has 1 amide bonds. The number of carbonyl (C=O) groups is 1. The summed E-state index contributed by atoms with van der Waals surface area (Å²) in [5.74, 6) is 0.578. The number of halogens is 1. The van der Waals surface area contributed by atoms with Crippen LogP contribution in [0.1, 0.15) is 29.4 Å². The topological polar surface area (TPSA) is 51.2 Å². The molecule has 3 aromatic rings. The third-order valence-electron chi connectivity index (χ3n) is 3.67. The van der Waals surface area contributed by atoms with Crippen molar-refractivity contribution >= 4 is 28.8 Å². The summed E-state index contributed by atoms with van der Waals surface area (Å²) in [6.45, 7) is 3.07. The molecule has 0 aliphatic heterocycles. The van der Waals surface area contributed by atoms with Crippen LogP contribution in [0.5, 0.6) is 5.75 Å². The van der Waals surface area contributed by atoms with E-state index in [-0.39, 0.29) is 5.91 Å². The molecule has 3 rings (SSSR count). The zero-order chi connectivity index (χ0) is 18.4. The SMILES string of the molecule is CCCNC(=O)c1csc(-c2ccccc2OCc2cccc(Cl)c2)n1. The molecular formula is C20H19ClN2O2S. The molecule has 4 nitrogen and oxygen atoms in total. The van der Waals surface area contributed by atoms with Gasteiger partial charge in [0.15, 0.2) is 0 Å². The first-order valence-corrected chi connectivity index (χ1v) is 9.63. The molecule has 6 heteroatoms. The molecule has 0 bridgehead atoms. The summed E-state index contributed by atoms with van der Waals surface area (Å²) < 4.78 is 5.97. The minimum absolute atomic E-state index is 0.147. The molecule has 26 heavy (non-hydrogen) atoms. The lowest BCUT2D eigenvalue weighted by Crippen LogP contribution is -2.24. The second kappa shape index (κ2) is 8.83. The van der Waals surface area contributed by atoms with Crippen molar-refractivity contribution in [3.05, 3.63) is 70.2 Å². The van der Waals surface area contributed by atoms with Gasteiger partial charge in [0.05, 0.1) is 5.56 Å². The Labute approximate surface area is 161 Å². The van der Waals surface area contributed by atoms with Gasteiger partial charge in [-0.15, -0.1) is 11.3 Å². The van der Waals surface area contributed by atoms with E-state index in [1.807, 2.05) is 55.5 Å². The van der Waals surface area contributed by atoms with E-state index in [4.69, 9.17) is 16.3 Å². The Hall–Kier alpha value is -2.37. The molecule has 0 fully saturated rings. The maximum Gasteiger partial charge on any atom is 0.270 e. The fraction of sp³-hybridized carbons (Fsp3) is 0.200. The average molecular weight is 387 g/mol. The van der Waals surface area contributed by atoms with Crippen molar-refractivity contribution in [3.8, 4) is 16.3 Å². The lowest BCUT2D eigenvalue weighted by Gasteiger charge is -2.10. The van der Waals surface area contributed by atoms with E-state index in [9.17, 15) is 4.79 Å². The Bertz CT molecular complexity index is 895. The van der Waals surface area contributed by atoms with Gasteiger partial charge in [0.1, 0.15) is 23.1 Å². The fourth-order valence-corrected chi connectivity index (χ4v) is 3.43. The number of para-hydroxylation sites is 1. The number of carbonyl (C=O) groups excluding carboxylic acids is 1. The molecule has 0 spiro atoms. The monoisotopic (exact) mass is 386 g/mol. The van der Waals surface area contributed by atoms with Crippen LogP contribution in [-0.2, 0) is 6.61 Å². The van der Waals surface area contributed by atoms with Gasteiger partial charge >= 0.3 is 0 Å². The predicted octanol–water partition coefficient (Wildman–Crippen LogP) is 5.18. The number of nitrogens with one attached hydrogen (secondary N) is 1. The summed E-state index contributed by atoms with van der Waals surface area (Å²) in [6.07, 6.45) is 0.892. The lowest BCUT2D eigenvalue weighted by molar-refractivity contribution is 0.0949. The number of aromatic nitrogens is 1. The maximum absolute atomic E-state index is 12.1. The molecule has 0 radical (unpaired) electrons. The van der Waals surface area contributed by atoms with Crippen molar-refractivity contribution in [1.29, 1.82) is 0 Å². The van der Waals surface area contributed by atoms with E-state index in [0.717, 1.165) is 28.3 Å². The number of rotatable bonds is 7. The average Bonchev–Trinajstić information content (AvgIpc) is 3.15. The number of ether oxygens (including phenoxy) is 1. The summed E-state index contributed by atoms with van der Waals surface area (Å²) in [5.41, 5.74) is 2.29. The maximum atomic E-state index is 12.1. The van der Waals surface area contributed by atoms with Crippen molar-refractivity contribution in [2.24, 2.45) is 0 Å². The summed E-state index contributed by atoms with van der Waals surface area (Å²) in [6, 6.07) is 15.3. The van der Waals surface area contributed by atoms with Crippen LogP contribution in [0.15, 0.2) is 53.9 Å². The van der Waals surface area contributed by atoms with Gasteiger partial charge in [-0.1, -0.05) is 42.8 Å². The van der Waals surface area contributed by atoms with Crippen molar-refractivity contribution in [3.63, 3.8) is 0 Å². The van der Waals surface area contributed by atoms with E-state index >= 15 is 0 Å². The van der Waals surface area contributed by atoms with Crippen LogP contribution in [0, 0.1) is 0 Å². The predicted molar refractivity (Wildman–Crippen MR) is 106 cm³/mol. The highest BCUT2D eigenvalue weighted by atomic mass is 35.5. The van der Waals surface area contributed by atoms with Crippen LogP contribution in [0.3, 0.4) is 0 Å². The lowest BCUT2D eigenvalue weighted by atomic mass is 10.2. The van der Waals surface area contributed by atoms with E-state index in [1.54, 1.807) is 5.38 Å². The van der Waals surface area contributed by atoms with Gasteiger partial charge < -0.3 is 10.1 Å². The smallest absolute Gasteiger partial charge is 0.270 e. The summed E-state index contributed by atoms with van der Waals surface area (Å²) >= 11 is 7.45. The van der Waals surface area contributed by atoms with Crippen molar-refractivity contribution in [2.45, 2.75) is 20.0 Å². The number of hydrogen-bond donors (Lipinski definition) is 1. The highest BCUT2D eigenvalue weighted by Gasteiger charge is 2.14. The summed E-state index contributed by atoms with van der Waals surface area (Å²) in [4.78, 5) is 16.5. The van der Waals surface area contributed by atoms with Crippen molar-refractivity contribution in [2.75, 3.05) is 6.54 Å². The number of thiazole rings is 1. The largest absolute Gasteiger partial charge is 0.488 e. The van der Waals surface area contributed by atoms with Crippen molar-refractivity contribution < 1.29 is 9.53 Å². The molecule has 2 aromatic carbocycles. The highest BCUT2D eigenvalue weighted by Crippen LogP contribution is 2.32. The van der Waals surface area contributed by atoms with E-state index in [1.165, 1.54) is 11.3 Å². The Kier molecular flexibility index (Phi) is 6.26. The van der Waals surface area contributed by atoms with Crippen molar-refractivity contribution in [1.82, 2.24) is 10.3 Å². The van der Waals surface area contributed by atoms with Gasteiger partial charge in [-0.3, -0.25) is 4.79 Å².